The number of carbonyl (C=O) groups is 1. The van der Waals surface area contributed by atoms with Crippen molar-refractivity contribution >= 4 is 23.5 Å². The molecule has 1 amide bonds. The minimum absolute atomic E-state index is 0.0701. The number of sulfonamides is 1. The summed E-state index contributed by atoms with van der Waals surface area (Å²) < 4.78 is 47.5. The monoisotopic (exact) mass is 325 g/mol. The molecule has 0 aromatic carbocycles. The van der Waals surface area contributed by atoms with Gasteiger partial charge in [-0.1, -0.05) is 6.08 Å². The second-order valence-electron chi connectivity index (χ2n) is 4.14. The molecule has 0 saturated carbocycles. The van der Waals surface area contributed by atoms with Gasteiger partial charge >= 0.3 is 7.60 Å². The van der Waals surface area contributed by atoms with Crippen LogP contribution >= 0.6 is 7.60 Å². The summed E-state index contributed by atoms with van der Waals surface area (Å²) in [6.45, 7) is 3.41. The lowest BCUT2D eigenvalue weighted by atomic mass is 10.3. The minimum Gasteiger partial charge on any atom is -0.308 e. The van der Waals surface area contributed by atoms with Crippen molar-refractivity contribution in [1.82, 2.24) is 4.31 Å². The molecule has 0 atom stereocenters. The summed E-state index contributed by atoms with van der Waals surface area (Å²) in [5.41, 5.74) is -0.818. The van der Waals surface area contributed by atoms with Crippen LogP contribution in [0, 0.1) is 0 Å². The van der Waals surface area contributed by atoms with Crippen LogP contribution < -0.4 is 0 Å². The molecule has 0 saturated heterocycles. The first-order valence-electron chi connectivity index (χ1n) is 6.43. The number of rotatable bonds is 7. The van der Waals surface area contributed by atoms with E-state index in [1.54, 1.807) is 19.9 Å². The molecule has 1 aliphatic rings. The maximum absolute atomic E-state index is 12.3. The molecule has 9 heteroatoms. The van der Waals surface area contributed by atoms with Crippen LogP contribution in [-0.4, -0.2) is 43.9 Å². The molecule has 0 bridgehead atoms. The van der Waals surface area contributed by atoms with Crippen LogP contribution in [0.25, 0.3) is 0 Å². The van der Waals surface area contributed by atoms with Gasteiger partial charge in [-0.2, -0.15) is 0 Å². The van der Waals surface area contributed by atoms with Crippen LogP contribution in [0.15, 0.2) is 12.2 Å². The third-order valence-corrected chi connectivity index (χ3v) is 7.45. The molecule has 1 aliphatic heterocycles. The Bertz CT molecular complexity index is 505. The molecule has 116 valence electrons. The molecule has 0 aliphatic carbocycles. The summed E-state index contributed by atoms with van der Waals surface area (Å²) in [6, 6.07) is 0. The maximum Gasteiger partial charge on any atom is 0.347 e. The van der Waals surface area contributed by atoms with Gasteiger partial charge in [0, 0.05) is 12.6 Å². The number of carbonyl (C=O) groups excluding carboxylic acids is 1. The van der Waals surface area contributed by atoms with Crippen molar-refractivity contribution in [2.75, 3.05) is 25.3 Å². The van der Waals surface area contributed by atoms with Gasteiger partial charge in [0.2, 0.25) is 10.0 Å². The topological polar surface area (TPSA) is 90.0 Å². The van der Waals surface area contributed by atoms with Crippen molar-refractivity contribution in [2.45, 2.75) is 26.7 Å². The molecule has 7 nitrogen and oxygen atoms in total. The average Bonchev–Trinajstić information content (AvgIpc) is 2.53. The van der Waals surface area contributed by atoms with Gasteiger partial charge in [0.15, 0.2) is 5.49 Å². The normalized spacial score (nSPS) is 17.3. The largest absolute Gasteiger partial charge is 0.347 e. The van der Waals surface area contributed by atoms with Crippen LogP contribution in [0.2, 0.25) is 0 Å². The van der Waals surface area contributed by atoms with Crippen LogP contribution in [-0.2, 0) is 28.4 Å². The highest BCUT2D eigenvalue weighted by Gasteiger charge is 2.37. The van der Waals surface area contributed by atoms with E-state index in [4.69, 9.17) is 9.05 Å². The lowest BCUT2D eigenvalue weighted by Gasteiger charge is -2.23. The van der Waals surface area contributed by atoms with Crippen molar-refractivity contribution in [2.24, 2.45) is 0 Å². The van der Waals surface area contributed by atoms with Gasteiger partial charge in [0.05, 0.1) is 13.2 Å². The van der Waals surface area contributed by atoms with E-state index in [1.807, 2.05) is 0 Å². The van der Waals surface area contributed by atoms with Crippen molar-refractivity contribution in [3.63, 3.8) is 0 Å². The van der Waals surface area contributed by atoms with Crippen molar-refractivity contribution in [1.29, 1.82) is 0 Å². The summed E-state index contributed by atoms with van der Waals surface area (Å²) in [6.07, 6.45) is 4.01. The number of nitrogens with zero attached hydrogens (tertiary/aromatic N) is 1. The van der Waals surface area contributed by atoms with E-state index in [-0.39, 0.29) is 19.8 Å². The number of hydrogen-bond donors (Lipinski definition) is 0. The third kappa shape index (κ3) is 4.70. The summed E-state index contributed by atoms with van der Waals surface area (Å²) >= 11 is 0. The second-order valence-corrected chi connectivity index (χ2v) is 8.52. The molecule has 0 radical (unpaired) electrons. The summed E-state index contributed by atoms with van der Waals surface area (Å²) in [4.78, 5) is 11.8. The number of hydrogen-bond acceptors (Lipinski definition) is 6. The molecule has 0 spiro atoms. The summed E-state index contributed by atoms with van der Waals surface area (Å²) in [5, 5.41) is 0. The SMILES string of the molecule is CCOP(=O)(CS(=O)(=O)N1CCCC=CC1=O)OCC. The van der Waals surface area contributed by atoms with Crippen LogP contribution in [0.4, 0.5) is 0 Å². The third-order valence-electron chi connectivity index (χ3n) is 2.55. The highest BCUT2D eigenvalue weighted by molar-refractivity contribution is 7.96. The molecule has 1 rings (SSSR count). The van der Waals surface area contributed by atoms with E-state index < -0.39 is 29.0 Å². The molecule has 1 heterocycles. The van der Waals surface area contributed by atoms with Crippen LogP contribution in [0.5, 0.6) is 0 Å². The van der Waals surface area contributed by atoms with Gasteiger partial charge in [0.1, 0.15) is 0 Å². The van der Waals surface area contributed by atoms with Gasteiger partial charge in [-0.15, -0.1) is 0 Å². The minimum atomic E-state index is -4.04. The van der Waals surface area contributed by atoms with Gasteiger partial charge in [-0.25, -0.2) is 12.7 Å². The van der Waals surface area contributed by atoms with Crippen molar-refractivity contribution in [3.05, 3.63) is 12.2 Å². The second kappa shape index (κ2) is 7.36. The van der Waals surface area contributed by atoms with Gasteiger partial charge in [-0.3, -0.25) is 9.36 Å². The molecule has 0 unspecified atom stereocenters. The molecule has 20 heavy (non-hydrogen) atoms. The fraction of sp³-hybridized carbons (Fsp3) is 0.727. The Morgan fingerprint density at radius 3 is 2.45 bits per heavy atom. The quantitative estimate of drug-likeness (QED) is 0.662. The molecule has 0 aromatic heterocycles. The van der Waals surface area contributed by atoms with Gasteiger partial charge < -0.3 is 9.05 Å². The van der Waals surface area contributed by atoms with E-state index in [9.17, 15) is 17.8 Å². The first-order valence-corrected chi connectivity index (χ1v) is 9.77. The van der Waals surface area contributed by atoms with Gasteiger partial charge in [0.25, 0.3) is 5.91 Å². The summed E-state index contributed by atoms with van der Waals surface area (Å²) in [7, 11) is -7.79. The number of allylic oxidation sites excluding steroid dienone is 1. The Morgan fingerprint density at radius 2 is 1.90 bits per heavy atom. The zero-order valence-corrected chi connectivity index (χ0v) is 13.4. The van der Waals surface area contributed by atoms with Crippen LogP contribution in [0.1, 0.15) is 26.7 Å². The highest BCUT2D eigenvalue weighted by atomic mass is 32.2. The molecular weight excluding hydrogens is 305 g/mol. The fourth-order valence-corrected chi connectivity index (χ4v) is 6.14. The Labute approximate surface area is 119 Å². The molecule has 0 aromatic rings. The Kier molecular flexibility index (Phi) is 6.39. The Balaban J connectivity index is 2.94. The van der Waals surface area contributed by atoms with E-state index in [2.05, 4.69) is 0 Å². The standard InChI is InChI=1S/C11H20NO6PS/c1-3-17-19(14,18-4-2)10-20(15,16)12-9-7-5-6-8-11(12)13/h6,8H,3-5,7,9-10H2,1-2H3. The average molecular weight is 325 g/mol. The molecular formula is C11H20NO6PS. The summed E-state index contributed by atoms with van der Waals surface area (Å²) in [5.74, 6) is -0.623. The van der Waals surface area contributed by atoms with Crippen molar-refractivity contribution in [3.8, 4) is 0 Å². The Hall–Kier alpha value is -0.690. The van der Waals surface area contributed by atoms with Crippen molar-refractivity contribution < 1.29 is 26.8 Å². The predicted octanol–water partition coefficient (Wildman–Crippen LogP) is 1.72. The fourth-order valence-electron chi connectivity index (χ4n) is 1.78. The smallest absolute Gasteiger partial charge is 0.308 e. The highest BCUT2D eigenvalue weighted by Crippen LogP contribution is 2.49. The zero-order valence-electron chi connectivity index (χ0n) is 11.6. The van der Waals surface area contributed by atoms with E-state index in [0.29, 0.717) is 12.8 Å². The first kappa shape index (κ1) is 17.4. The van der Waals surface area contributed by atoms with E-state index in [0.717, 1.165) is 4.31 Å². The lowest BCUT2D eigenvalue weighted by molar-refractivity contribution is -0.121. The first-order chi connectivity index (χ1) is 9.34. The van der Waals surface area contributed by atoms with Crippen LogP contribution in [0.3, 0.4) is 0 Å². The van der Waals surface area contributed by atoms with Gasteiger partial charge in [-0.05, 0) is 26.7 Å². The molecule has 0 N–H and O–H groups in total. The van der Waals surface area contributed by atoms with E-state index >= 15 is 0 Å². The predicted molar refractivity (Wildman–Crippen MR) is 74.7 cm³/mol. The zero-order chi connectivity index (χ0) is 15.2. The molecule has 0 fully saturated rings. The lowest BCUT2D eigenvalue weighted by Crippen LogP contribution is -2.37. The number of amides is 1. The Morgan fingerprint density at radius 1 is 1.30 bits per heavy atom. The van der Waals surface area contributed by atoms with E-state index in [1.165, 1.54) is 6.08 Å². The maximum atomic E-state index is 12.3.